The molecule has 21 nitrogen and oxygen atoms in total. The molecular weight excluding hydrogens is 1710 g/mol. The number of nitrogen functional groups attached to an aromatic ring is 1. The van der Waals surface area contributed by atoms with Gasteiger partial charge in [0.15, 0.2) is 5.82 Å². The molecule has 4 aromatic carbocycles. The van der Waals surface area contributed by atoms with Crippen LogP contribution in [0.5, 0.6) is 0 Å². The number of esters is 1. The van der Waals surface area contributed by atoms with Crippen molar-refractivity contribution in [3.8, 4) is 33.9 Å². The monoisotopic (exact) mass is 1790 g/mol. The lowest BCUT2D eigenvalue weighted by molar-refractivity contribution is 0.0600. The van der Waals surface area contributed by atoms with Crippen molar-refractivity contribution >= 4 is 178 Å². The molecule has 0 radical (unpaired) electrons. The first-order valence-corrected chi connectivity index (χ1v) is 39.8. The van der Waals surface area contributed by atoms with Crippen molar-refractivity contribution in [2.24, 2.45) is 0 Å². The molecule has 11 aromatic heterocycles. The summed E-state index contributed by atoms with van der Waals surface area (Å²) in [6, 6.07) is 45.4. The van der Waals surface area contributed by atoms with Gasteiger partial charge >= 0.3 is 13.1 Å². The van der Waals surface area contributed by atoms with E-state index < -0.39 is 18.7 Å². The number of anilines is 6. The second-order valence-corrected chi connectivity index (χ2v) is 30.2. The number of hydrogen-bond acceptors (Lipinski definition) is 19. The van der Waals surface area contributed by atoms with Crippen LogP contribution in [0.2, 0.25) is 35.7 Å². The molecule has 0 bridgehead atoms. The van der Waals surface area contributed by atoms with Crippen molar-refractivity contribution in [3.05, 3.63) is 350 Å². The normalized spacial score (nSPS) is 10.8. The predicted molar refractivity (Wildman–Crippen MR) is 496 cm³/mol. The average molecular weight is 1790 g/mol. The van der Waals surface area contributed by atoms with Crippen molar-refractivity contribution in [2.75, 3.05) is 35.3 Å². The number of allylic oxidation sites excluding steroid dienone is 4. The first-order valence-electron chi connectivity index (χ1n) is 37.1. The van der Waals surface area contributed by atoms with E-state index in [4.69, 9.17) is 97.0 Å². The lowest BCUT2D eigenvalue weighted by Gasteiger charge is -2.18. The van der Waals surface area contributed by atoms with Crippen LogP contribution in [-0.2, 0) is 16.8 Å². The molecule has 0 amide bonds. The first-order chi connectivity index (χ1) is 58.7. The third-order valence-electron chi connectivity index (χ3n) is 17.6. The van der Waals surface area contributed by atoms with Crippen molar-refractivity contribution in [1.82, 2.24) is 59.8 Å². The first kappa shape index (κ1) is 94.5. The minimum atomic E-state index is -1.51. The van der Waals surface area contributed by atoms with Crippen LogP contribution in [-0.4, -0.2) is 102 Å². The minimum absolute atomic E-state index is 0.212. The van der Waals surface area contributed by atoms with Gasteiger partial charge in [-0.25, -0.2) is 57.8 Å². The van der Waals surface area contributed by atoms with E-state index in [9.17, 15) is 23.1 Å². The topological polar surface area (TPSA) is 310 Å². The molecule has 16 rings (SSSR count). The maximum absolute atomic E-state index is 13.2. The van der Waals surface area contributed by atoms with Gasteiger partial charge in [0.25, 0.3) is 0 Å². The van der Waals surface area contributed by atoms with Gasteiger partial charge < -0.3 is 51.5 Å². The summed E-state index contributed by atoms with van der Waals surface area (Å²) in [6.07, 6.45) is 19.6. The van der Waals surface area contributed by atoms with Gasteiger partial charge in [-0.05, 0) is 197 Å². The van der Waals surface area contributed by atoms with Crippen molar-refractivity contribution < 1.29 is 37.9 Å². The Labute approximate surface area is 743 Å². The zero-order chi connectivity index (χ0) is 89.2. The van der Waals surface area contributed by atoms with Gasteiger partial charge in [-0.3, -0.25) is 9.97 Å². The highest BCUT2D eigenvalue weighted by Gasteiger charge is 2.21. The van der Waals surface area contributed by atoms with Gasteiger partial charge in [0, 0.05) is 153 Å². The van der Waals surface area contributed by atoms with E-state index in [0.717, 1.165) is 142 Å². The largest absolute Gasteiger partial charge is 0.488 e. The van der Waals surface area contributed by atoms with E-state index in [1.165, 1.54) is 85.7 Å². The standard InChI is InChI=1S/2C21H17FN4.C13H11ClN2.C8H9Cl2NO.C8H7Cl2N.C7H5Cl2NO2.C7H9N3.C6H6BFO2/c2*1-13(2)17-12-25-19(14-3-5-15(22)6-4-14)11-20(17)26-18-8-10-24-21-16(18)7-9-23-21;1-9(2)11-8-15-13(16-12(11)14)10-6-4-3-5-7-10;1-8(2,12)5-4-11-7(10)3-6(5)9;1-5(2)6-4-11-8(10)3-7(6)9;1-12-7(11)4-3-10-6(9)2-5(4)8;8-6-2-4-10-7-5(6)1-3-9-7;8-6-3-1-5(2-4-6)7(9)10/h2*3-12H,1H2,2H3,(H2,23,24,25,26);3-8H,1H2,2H3;3-4,12H,1-2H3;3-4H,1H2,2H3;2-3H,1H3;2,4H,1,3H2,(H3,8,9,10);1-4,9-10H. The maximum atomic E-state index is 13.2. The van der Waals surface area contributed by atoms with Gasteiger partial charge in [-0.1, -0.05) is 150 Å². The third kappa shape index (κ3) is 27.3. The lowest BCUT2D eigenvalue weighted by Crippen LogP contribution is -2.29. The zero-order valence-corrected chi connectivity index (χ0v) is 72.5. The number of methoxy groups -OCH3 is 1. The third-order valence-corrected chi connectivity index (χ3v) is 19.5. The van der Waals surface area contributed by atoms with Crippen LogP contribution in [0.1, 0.15) is 85.3 Å². The number of carbonyl (C=O) groups is 1. The average Bonchev–Trinajstić information content (AvgIpc) is 1.79. The van der Waals surface area contributed by atoms with Crippen molar-refractivity contribution in [2.45, 2.75) is 53.6 Å². The molecule has 0 saturated heterocycles. The number of carbonyl (C=O) groups excluding carboxylic acids is 1. The van der Waals surface area contributed by atoms with E-state index in [0.29, 0.717) is 42.4 Å². The molecule has 32 heteroatoms. The Bertz CT molecular complexity index is 6030. The number of aromatic nitrogens is 12. The molecule has 0 unspecified atom stereocenters. The molecule has 0 aliphatic carbocycles. The number of ether oxygens (including phenoxy) is 1. The Hall–Kier alpha value is -12.4. The lowest BCUT2D eigenvalue weighted by atomic mass is 9.80. The van der Waals surface area contributed by atoms with Gasteiger partial charge in [0.2, 0.25) is 0 Å². The summed E-state index contributed by atoms with van der Waals surface area (Å²) in [5.41, 5.74) is 24.4. The molecule has 0 atom stereocenters. The summed E-state index contributed by atoms with van der Waals surface area (Å²) in [5.74, 6) is 0.152. The van der Waals surface area contributed by atoms with Crippen LogP contribution in [0.3, 0.4) is 0 Å². The fourth-order valence-electron chi connectivity index (χ4n) is 11.3. The summed E-state index contributed by atoms with van der Waals surface area (Å²) < 4.78 is 43.0. The highest BCUT2D eigenvalue weighted by molar-refractivity contribution is 6.58. The molecule has 0 saturated carbocycles. The van der Waals surface area contributed by atoms with Crippen molar-refractivity contribution in [3.63, 3.8) is 0 Å². The molecule has 628 valence electrons. The molecule has 123 heavy (non-hydrogen) atoms. The van der Waals surface area contributed by atoms with E-state index >= 15 is 0 Å². The zero-order valence-electron chi connectivity index (χ0n) is 67.2. The quantitative estimate of drug-likeness (QED) is 0.0211. The Kier molecular flexibility index (Phi) is 34.5. The fourth-order valence-corrected chi connectivity index (χ4v) is 13.1. The molecule has 0 spiro atoms. The Morgan fingerprint density at radius 3 is 1.35 bits per heavy atom. The Balaban J connectivity index is 0.000000165. The molecule has 12 heterocycles. The Morgan fingerprint density at radius 2 is 0.927 bits per heavy atom. The van der Waals surface area contributed by atoms with Crippen LogP contribution >= 0.6 is 81.2 Å². The van der Waals surface area contributed by atoms with Gasteiger partial charge in [0.05, 0.1) is 56.1 Å². The van der Waals surface area contributed by atoms with Crippen molar-refractivity contribution in [1.29, 1.82) is 0 Å². The smallest absolute Gasteiger partial charge is 0.465 e. The van der Waals surface area contributed by atoms with E-state index in [1.54, 1.807) is 87.6 Å². The van der Waals surface area contributed by atoms with Crippen LogP contribution in [0.25, 0.3) is 78.3 Å². The molecule has 15 aromatic rings. The highest BCUT2D eigenvalue weighted by atomic mass is 35.5. The number of pyridine rings is 8. The number of H-pyrrole nitrogens is 2. The molecule has 1 aliphatic heterocycles. The van der Waals surface area contributed by atoms with E-state index in [2.05, 4.69) is 107 Å². The highest BCUT2D eigenvalue weighted by Crippen LogP contribution is 2.36. The molecular formula is C91H81BCl7F3N16O5. The second kappa shape index (κ2) is 45.0. The number of aromatic amines is 2. The summed E-state index contributed by atoms with van der Waals surface area (Å²) in [6.45, 7) is 27.6. The molecule has 1 aliphatic rings. The Morgan fingerprint density at radius 1 is 0.496 bits per heavy atom. The van der Waals surface area contributed by atoms with Gasteiger partial charge in [-0.2, -0.15) is 0 Å². The SMILES string of the molecule is C=C(C)c1cnc(-c2ccc(F)cc2)cc1Nc1ccnc2[nH]ccc12.C=C(C)c1cnc(-c2ccc(F)cc2)cc1Nc1ccnc2[nH]ccc12.C=C(C)c1cnc(-c2ccccc2)nc1Cl.C=C(C)c1cnc(Cl)cc1Cl.CC(C)(O)c1cnc(Cl)cc1Cl.COC(=O)c1cnc(Cl)cc1Cl.Nc1ccnc2c1CCN2.OB(O)c1ccc(F)cc1. The number of nitrogens with zero attached hydrogens (tertiary/aromatic N) is 10. The number of fused-ring (bicyclic) bond motifs is 3. The summed E-state index contributed by atoms with van der Waals surface area (Å²) in [4.78, 5) is 58.9. The number of nitrogens with two attached hydrogens (primary N) is 1. The van der Waals surface area contributed by atoms with E-state index in [1.807, 2.05) is 113 Å². The molecule has 0 fully saturated rings. The number of halogens is 10. The number of nitrogens with one attached hydrogen (secondary N) is 5. The van der Waals surface area contributed by atoms with Crippen LogP contribution in [0.4, 0.5) is 47.4 Å². The molecule has 10 N–H and O–H groups in total. The second-order valence-electron chi connectivity index (χ2n) is 27.4. The summed E-state index contributed by atoms with van der Waals surface area (Å²) >= 11 is 40.1. The number of aliphatic hydroxyl groups is 1. The number of rotatable bonds is 14. The maximum Gasteiger partial charge on any atom is 0.488 e. The van der Waals surface area contributed by atoms with Crippen LogP contribution in [0.15, 0.2) is 258 Å². The fraction of sp³-hybridized carbons (Fsp3) is 0.110. The predicted octanol–water partition coefficient (Wildman–Crippen LogP) is 23.3. The van der Waals surface area contributed by atoms with Crippen LogP contribution < -0.4 is 27.1 Å². The van der Waals surface area contributed by atoms with Gasteiger partial charge in [-0.15, -0.1) is 0 Å². The summed E-state index contributed by atoms with van der Waals surface area (Å²) in [7, 11) is -0.242. The van der Waals surface area contributed by atoms with E-state index in [-0.39, 0.29) is 33.2 Å². The minimum Gasteiger partial charge on any atom is -0.465 e. The van der Waals surface area contributed by atoms with Crippen LogP contribution in [0, 0.1) is 17.5 Å². The number of hydrogen-bond donors (Lipinski definition) is 9. The summed E-state index contributed by atoms with van der Waals surface area (Å²) in [5, 5.41) is 41.5. The van der Waals surface area contributed by atoms with Gasteiger partial charge in [0.1, 0.15) is 55.2 Å². The number of benzene rings is 4.